The van der Waals surface area contributed by atoms with Gasteiger partial charge in [-0.15, -0.1) is 0 Å². The molecule has 0 fully saturated rings. The maximum absolute atomic E-state index is 12.1. The summed E-state index contributed by atoms with van der Waals surface area (Å²) in [5.41, 5.74) is 5.19. The molecule has 0 saturated carbocycles. The number of pyridine rings is 1. The lowest BCUT2D eigenvalue weighted by Crippen LogP contribution is -2.18. The molecule has 0 spiro atoms. The van der Waals surface area contributed by atoms with Crippen LogP contribution in [0.15, 0.2) is 47.4 Å². The molecule has 118 valence electrons. The van der Waals surface area contributed by atoms with Gasteiger partial charge in [0, 0.05) is 30.1 Å². The first-order valence-corrected chi connectivity index (χ1v) is 7.85. The average Bonchev–Trinajstić information content (AvgIpc) is 2.82. The minimum atomic E-state index is 0.00889. The molecule has 0 amide bonds. The Bertz CT molecular complexity index is 919. The van der Waals surface area contributed by atoms with E-state index in [0.29, 0.717) is 6.54 Å². The predicted molar refractivity (Wildman–Crippen MR) is 93.1 cm³/mol. The van der Waals surface area contributed by atoms with E-state index in [1.807, 2.05) is 43.7 Å². The van der Waals surface area contributed by atoms with Crippen molar-refractivity contribution in [3.8, 4) is 16.9 Å². The van der Waals surface area contributed by atoms with Crippen molar-refractivity contribution in [1.29, 1.82) is 0 Å². The van der Waals surface area contributed by atoms with Crippen LogP contribution in [0.1, 0.15) is 24.0 Å². The lowest BCUT2D eigenvalue weighted by Gasteiger charge is -2.10. The second-order valence-corrected chi connectivity index (χ2v) is 5.81. The van der Waals surface area contributed by atoms with Gasteiger partial charge in [0.15, 0.2) is 0 Å². The minimum Gasteiger partial charge on any atom is -0.316 e. The first-order valence-electron chi connectivity index (χ1n) is 7.85. The second-order valence-electron chi connectivity index (χ2n) is 5.81. The van der Waals surface area contributed by atoms with Gasteiger partial charge in [-0.1, -0.05) is 23.8 Å². The third-order valence-corrected chi connectivity index (χ3v) is 4.15. The predicted octanol–water partition coefficient (Wildman–Crippen LogP) is 3.65. The Morgan fingerprint density at radius 3 is 2.52 bits per heavy atom. The van der Waals surface area contributed by atoms with Crippen molar-refractivity contribution in [1.82, 2.24) is 14.1 Å². The SMILES string of the molecule is CCn1ccc(-n2c(C)nc(-c3cccc(C)c3)c2C)cc1=O. The van der Waals surface area contributed by atoms with E-state index in [1.165, 1.54) is 5.56 Å². The smallest absolute Gasteiger partial charge is 0.252 e. The summed E-state index contributed by atoms with van der Waals surface area (Å²) in [6, 6.07) is 12.0. The Balaban J connectivity index is 2.15. The van der Waals surface area contributed by atoms with Gasteiger partial charge in [0.05, 0.1) is 11.4 Å². The van der Waals surface area contributed by atoms with Crippen LogP contribution in [0.5, 0.6) is 0 Å². The summed E-state index contributed by atoms with van der Waals surface area (Å²) in [5, 5.41) is 0. The highest BCUT2D eigenvalue weighted by molar-refractivity contribution is 5.64. The van der Waals surface area contributed by atoms with Crippen molar-refractivity contribution in [2.45, 2.75) is 34.2 Å². The summed E-state index contributed by atoms with van der Waals surface area (Å²) < 4.78 is 3.73. The molecule has 4 heteroatoms. The number of hydrogen-bond donors (Lipinski definition) is 0. The Labute approximate surface area is 136 Å². The number of benzene rings is 1. The highest BCUT2D eigenvalue weighted by Gasteiger charge is 2.14. The van der Waals surface area contributed by atoms with Gasteiger partial charge in [-0.3, -0.25) is 4.79 Å². The average molecular weight is 307 g/mol. The van der Waals surface area contributed by atoms with E-state index < -0.39 is 0 Å². The highest BCUT2D eigenvalue weighted by atomic mass is 16.1. The number of rotatable bonds is 3. The summed E-state index contributed by atoms with van der Waals surface area (Å²) in [4.78, 5) is 16.8. The number of imidazole rings is 1. The number of nitrogens with zero attached hydrogens (tertiary/aromatic N) is 3. The fraction of sp³-hybridized carbons (Fsp3) is 0.263. The first kappa shape index (κ1) is 15.3. The van der Waals surface area contributed by atoms with Gasteiger partial charge in [-0.25, -0.2) is 4.98 Å². The molecular formula is C19H21N3O. The third-order valence-electron chi connectivity index (χ3n) is 4.15. The lowest BCUT2D eigenvalue weighted by molar-refractivity contribution is 0.723. The van der Waals surface area contributed by atoms with Crippen molar-refractivity contribution in [3.63, 3.8) is 0 Å². The van der Waals surface area contributed by atoms with Crippen molar-refractivity contribution in [2.24, 2.45) is 0 Å². The third kappa shape index (κ3) is 2.72. The van der Waals surface area contributed by atoms with Gasteiger partial charge in [0.25, 0.3) is 5.56 Å². The molecule has 0 atom stereocenters. The van der Waals surface area contributed by atoms with Crippen molar-refractivity contribution >= 4 is 0 Å². The normalized spacial score (nSPS) is 11.0. The lowest BCUT2D eigenvalue weighted by atomic mass is 10.1. The van der Waals surface area contributed by atoms with Gasteiger partial charge in [-0.05, 0) is 39.8 Å². The zero-order chi connectivity index (χ0) is 16.6. The zero-order valence-electron chi connectivity index (χ0n) is 14.0. The van der Waals surface area contributed by atoms with Gasteiger partial charge < -0.3 is 9.13 Å². The maximum Gasteiger partial charge on any atom is 0.252 e. The summed E-state index contributed by atoms with van der Waals surface area (Å²) in [7, 11) is 0. The molecule has 0 saturated heterocycles. The van der Waals surface area contributed by atoms with Crippen molar-refractivity contribution in [3.05, 3.63) is 70.0 Å². The summed E-state index contributed by atoms with van der Waals surface area (Å²) in [5.74, 6) is 0.882. The molecule has 0 bridgehead atoms. The molecule has 2 heterocycles. The number of aryl methyl sites for hydroxylation is 3. The van der Waals surface area contributed by atoms with Gasteiger partial charge in [0.1, 0.15) is 5.82 Å². The van der Waals surface area contributed by atoms with Crippen LogP contribution in [0.2, 0.25) is 0 Å². The topological polar surface area (TPSA) is 39.8 Å². The molecule has 0 aliphatic carbocycles. The van der Waals surface area contributed by atoms with E-state index in [9.17, 15) is 4.79 Å². The van der Waals surface area contributed by atoms with Gasteiger partial charge >= 0.3 is 0 Å². The van der Waals surface area contributed by atoms with Crippen LogP contribution in [-0.2, 0) is 6.54 Å². The standard InChI is InChI=1S/C19H21N3O/c1-5-21-10-9-17(12-18(21)23)22-14(3)19(20-15(22)4)16-8-6-7-13(2)11-16/h6-12H,5H2,1-4H3. The molecule has 0 aliphatic heterocycles. The summed E-state index contributed by atoms with van der Waals surface area (Å²) >= 11 is 0. The van der Waals surface area contributed by atoms with E-state index in [4.69, 9.17) is 4.98 Å². The van der Waals surface area contributed by atoms with E-state index in [2.05, 4.69) is 25.1 Å². The Hall–Kier alpha value is -2.62. The molecule has 3 rings (SSSR count). The Kier molecular flexibility index (Phi) is 3.90. The molecule has 4 nitrogen and oxygen atoms in total. The quantitative estimate of drug-likeness (QED) is 0.741. The summed E-state index contributed by atoms with van der Waals surface area (Å²) in [6.45, 7) is 8.73. The summed E-state index contributed by atoms with van der Waals surface area (Å²) in [6.07, 6.45) is 1.84. The minimum absolute atomic E-state index is 0.00889. The monoisotopic (exact) mass is 307 g/mol. The van der Waals surface area contributed by atoms with E-state index in [1.54, 1.807) is 10.6 Å². The van der Waals surface area contributed by atoms with Gasteiger partial charge in [-0.2, -0.15) is 0 Å². The van der Waals surface area contributed by atoms with Gasteiger partial charge in [0.2, 0.25) is 0 Å². The van der Waals surface area contributed by atoms with Crippen LogP contribution >= 0.6 is 0 Å². The Morgan fingerprint density at radius 1 is 1.09 bits per heavy atom. The Morgan fingerprint density at radius 2 is 1.87 bits per heavy atom. The molecule has 0 unspecified atom stereocenters. The van der Waals surface area contributed by atoms with Crippen LogP contribution in [0.3, 0.4) is 0 Å². The largest absolute Gasteiger partial charge is 0.316 e. The van der Waals surface area contributed by atoms with E-state index in [-0.39, 0.29) is 5.56 Å². The molecule has 3 aromatic rings. The molecule has 0 aliphatic rings. The first-order chi connectivity index (χ1) is 11.0. The number of aromatic nitrogens is 3. The van der Waals surface area contributed by atoms with Crippen molar-refractivity contribution < 1.29 is 0 Å². The molecule has 1 aromatic carbocycles. The van der Waals surface area contributed by atoms with Crippen LogP contribution in [0, 0.1) is 20.8 Å². The van der Waals surface area contributed by atoms with Crippen molar-refractivity contribution in [2.75, 3.05) is 0 Å². The maximum atomic E-state index is 12.1. The molecule has 0 N–H and O–H groups in total. The fourth-order valence-electron chi connectivity index (χ4n) is 2.99. The van der Waals surface area contributed by atoms with Crippen LogP contribution in [-0.4, -0.2) is 14.1 Å². The zero-order valence-corrected chi connectivity index (χ0v) is 14.0. The van der Waals surface area contributed by atoms with E-state index in [0.717, 1.165) is 28.5 Å². The molecule has 23 heavy (non-hydrogen) atoms. The number of hydrogen-bond acceptors (Lipinski definition) is 2. The van der Waals surface area contributed by atoms with E-state index >= 15 is 0 Å². The van der Waals surface area contributed by atoms with Crippen LogP contribution in [0.25, 0.3) is 16.9 Å². The fourth-order valence-corrected chi connectivity index (χ4v) is 2.99. The van der Waals surface area contributed by atoms with Crippen LogP contribution in [0.4, 0.5) is 0 Å². The highest BCUT2D eigenvalue weighted by Crippen LogP contribution is 2.26. The molecule has 0 radical (unpaired) electrons. The van der Waals surface area contributed by atoms with Crippen LogP contribution < -0.4 is 5.56 Å². The second kappa shape index (κ2) is 5.88. The molecule has 2 aromatic heterocycles. The molecular weight excluding hydrogens is 286 g/mol.